The van der Waals surface area contributed by atoms with Crippen LogP contribution in [0, 0.1) is 11.3 Å². The van der Waals surface area contributed by atoms with E-state index in [2.05, 4.69) is 43.6 Å². The van der Waals surface area contributed by atoms with Crippen LogP contribution in [0.1, 0.15) is 66.0 Å². The highest BCUT2D eigenvalue weighted by Gasteiger charge is 2.50. The van der Waals surface area contributed by atoms with E-state index in [1.54, 1.807) is 12.3 Å². The van der Waals surface area contributed by atoms with E-state index in [4.69, 9.17) is 37.4 Å². The quantitative estimate of drug-likeness (QED) is 0.0999. The summed E-state index contributed by atoms with van der Waals surface area (Å²) in [4.78, 5) is 33.2. The van der Waals surface area contributed by atoms with Gasteiger partial charge in [0.1, 0.15) is 41.6 Å². The third-order valence-electron chi connectivity index (χ3n) is 11.4. The van der Waals surface area contributed by atoms with Gasteiger partial charge in [-0.1, -0.05) is 53.5 Å². The molecule has 4 aromatic rings. The number of hydrogen-bond donors (Lipinski definition) is 3. The molecule has 1 aromatic heterocycles. The number of carbonyl (C=O) groups is 2. The predicted molar refractivity (Wildman–Crippen MR) is 214 cm³/mol. The summed E-state index contributed by atoms with van der Waals surface area (Å²) in [7, 11) is 0. The molecule has 1 aliphatic carbocycles. The number of fused-ring (bicyclic) bond motifs is 1. The molecule has 3 saturated heterocycles. The van der Waals surface area contributed by atoms with Gasteiger partial charge in [0.05, 0.1) is 28.3 Å². The molecule has 14 heteroatoms. The zero-order valence-electron chi connectivity index (χ0n) is 31.4. The Kier molecular flexibility index (Phi) is 11.6. The van der Waals surface area contributed by atoms with Crippen molar-refractivity contribution in [3.05, 3.63) is 105 Å². The zero-order chi connectivity index (χ0) is 39.5. The van der Waals surface area contributed by atoms with Gasteiger partial charge in [0.25, 0.3) is 5.91 Å². The lowest BCUT2D eigenvalue weighted by atomic mass is 9.96. The van der Waals surface area contributed by atoms with Crippen molar-refractivity contribution in [2.24, 2.45) is 0 Å². The predicted octanol–water partition coefficient (Wildman–Crippen LogP) is 6.58. The Morgan fingerprint density at radius 2 is 1.77 bits per heavy atom. The van der Waals surface area contributed by atoms with E-state index in [0.717, 1.165) is 85.1 Å². The number of imide groups is 1. The Bertz CT molecular complexity index is 2210. The van der Waals surface area contributed by atoms with Crippen molar-refractivity contribution in [2.75, 3.05) is 39.3 Å². The molecule has 296 valence electrons. The van der Waals surface area contributed by atoms with E-state index in [9.17, 15) is 20.0 Å². The van der Waals surface area contributed by atoms with Crippen LogP contribution in [0.25, 0.3) is 11.1 Å². The summed E-state index contributed by atoms with van der Waals surface area (Å²) in [6, 6.07) is 19.1. The van der Waals surface area contributed by atoms with Crippen molar-refractivity contribution in [1.82, 2.24) is 25.4 Å². The van der Waals surface area contributed by atoms with Crippen LogP contribution in [0.4, 0.5) is 4.79 Å². The molecule has 3 aliphatic heterocycles. The van der Waals surface area contributed by atoms with Gasteiger partial charge >= 0.3 is 6.03 Å². The van der Waals surface area contributed by atoms with Crippen molar-refractivity contribution >= 4 is 35.1 Å². The van der Waals surface area contributed by atoms with Crippen LogP contribution in [0.2, 0.25) is 10.0 Å². The minimum Gasteiger partial charge on any atom is -0.492 e. The van der Waals surface area contributed by atoms with Gasteiger partial charge in [-0.25, -0.2) is 4.79 Å². The molecule has 3 fully saturated rings. The lowest BCUT2D eigenvalue weighted by Gasteiger charge is -2.29. The number of piperidine rings is 1. The summed E-state index contributed by atoms with van der Waals surface area (Å²) >= 11 is 14.0. The first kappa shape index (κ1) is 38.9. The molecule has 0 bridgehead atoms. The van der Waals surface area contributed by atoms with Gasteiger partial charge in [-0.3, -0.25) is 20.0 Å². The molecular formula is C43H44Cl2N6O6. The fourth-order valence-corrected chi connectivity index (χ4v) is 8.89. The summed E-state index contributed by atoms with van der Waals surface area (Å²) in [5.41, 5.74) is 5.15. The molecule has 12 nitrogen and oxygen atoms in total. The van der Waals surface area contributed by atoms with Crippen molar-refractivity contribution in [3.8, 4) is 34.4 Å². The Morgan fingerprint density at radius 1 is 0.947 bits per heavy atom. The number of hydrogen-bond acceptors (Lipinski definition) is 10. The van der Waals surface area contributed by atoms with E-state index in [0.29, 0.717) is 65.5 Å². The second kappa shape index (κ2) is 16.9. The normalized spacial score (nSPS) is 21.0. The lowest BCUT2D eigenvalue weighted by molar-refractivity contribution is -0.123. The summed E-state index contributed by atoms with van der Waals surface area (Å²) in [6.07, 6.45) is 7.22. The second-order valence-corrected chi connectivity index (χ2v) is 16.0. The fraction of sp³-hybridized carbons (Fsp3) is 0.395. The molecule has 4 aliphatic rings. The molecule has 4 heterocycles. The van der Waals surface area contributed by atoms with Crippen molar-refractivity contribution < 1.29 is 28.9 Å². The van der Waals surface area contributed by atoms with E-state index in [1.165, 1.54) is 6.20 Å². The molecule has 0 saturated carbocycles. The summed E-state index contributed by atoms with van der Waals surface area (Å²) < 4.78 is 19.3. The van der Waals surface area contributed by atoms with E-state index in [1.807, 2.05) is 36.4 Å². The van der Waals surface area contributed by atoms with E-state index >= 15 is 0 Å². The maximum absolute atomic E-state index is 12.6. The first-order chi connectivity index (χ1) is 27.7. The number of pyridine rings is 1. The van der Waals surface area contributed by atoms with Gasteiger partial charge < -0.3 is 29.5 Å². The van der Waals surface area contributed by atoms with Crippen molar-refractivity contribution in [1.29, 1.82) is 5.26 Å². The van der Waals surface area contributed by atoms with Crippen molar-refractivity contribution in [2.45, 2.75) is 69.4 Å². The number of aliphatic hydroxyl groups excluding tert-OH is 1. The molecular weight excluding hydrogens is 767 g/mol. The number of aromatic nitrogens is 1. The number of carbonyl (C=O) groups excluding carboxylic acids is 2. The molecule has 2 atom stereocenters. The van der Waals surface area contributed by atoms with Gasteiger partial charge in [0, 0.05) is 74.4 Å². The second-order valence-electron chi connectivity index (χ2n) is 15.2. The standard InChI is InChI=1S/C43H44Cl2N6O6/c44-35-19-29(24-51-16-12-43(26-51)41(53)48-42(54)49-43)38(56-25-28-18-27(21-46)22-47-23-28)20-39(35)57-36-9-8-32-31(4-1-5-33(32)36)34-6-2-7-37(40(34)45)55-17-3-13-50-14-10-30(52)11-15-50/h1-2,4-7,18-20,22-23,30,36,52H,3,8-17,24-26H2,(H2,48,49,53,54)/t36-,43?/m0/s1. The van der Waals surface area contributed by atoms with Gasteiger partial charge in [0.15, 0.2) is 0 Å². The number of likely N-dealkylation sites (tertiary alicyclic amines) is 2. The Hall–Kier alpha value is -4.90. The molecule has 3 aromatic carbocycles. The number of benzene rings is 3. The summed E-state index contributed by atoms with van der Waals surface area (Å²) in [6.45, 7) is 4.80. The first-order valence-electron chi connectivity index (χ1n) is 19.4. The third-order valence-corrected chi connectivity index (χ3v) is 12.0. The lowest BCUT2D eigenvalue weighted by Crippen LogP contribution is -2.48. The number of urea groups is 1. The number of ether oxygens (including phenoxy) is 3. The Labute approximate surface area is 341 Å². The number of nitrogens with zero attached hydrogens (tertiary/aromatic N) is 4. The molecule has 1 spiro atoms. The highest BCUT2D eigenvalue weighted by Crippen LogP contribution is 2.45. The molecule has 8 rings (SSSR count). The number of rotatable bonds is 13. The smallest absolute Gasteiger partial charge is 0.322 e. The van der Waals surface area contributed by atoms with Crippen molar-refractivity contribution in [3.63, 3.8) is 0 Å². The molecule has 0 radical (unpaired) electrons. The fourth-order valence-electron chi connectivity index (χ4n) is 8.38. The van der Waals surface area contributed by atoms with Crippen LogP contribution < -0.4 is 24.8 Å². The molecule has 1 unspecified atom stereocenters. The van der Waals surface area contributed by atoms with Crippen LogP contribution >= 0.6 is 23.2 Å². The van der Waals surface area contributed by atoms with Gasteiger partial charge in [0.2, 0.25) is 0 Å². The number of nitriles is 1. The monoisotopic (exact) mass is 810 g/mol. The van der Waals surface area contributed by atoms with E-state index in [-0.39, 0.29) is 24.7 Å². The average molecular weight is 812 g/mol. The summed E-state index contributed by atoms with van der Waals surface area (Å²) in [5, 5.41) is 25.4. The third kappa shape index (κ3) is 8.54. The first-order valence-corrected chi connectivity index (χ1v) is 20.2. The Balaban J connectivity index is 0.993. The van der Waals surface area contributed by atoms with Gasteiger partial charge in [-0.05, 0) is 73.4 Å². The molecule has 3 amide bonds. The van der Waals surface area contributed by atoms with Gasteiger partial charge in [-0.15, -0.1) is 0 Å². The number of amides is 3. The summed E-state index contributed by atoms with van der Waals surface area (Å²) in [5.74, 6) is 1.35. The van der Waals surface area contributed by atoms with Crippen LogP contribution in [-0.2, 0) is 24.4 Å². The van der Waals surface area contributed by atoms with Gasteiger partial charge in [-0.2, -0.15) is 5.26 Å². The topological polar surface area (TPSA) is 149 Å². The zero-order valence-corrected chi connectivity index (χ0v) is 33.0. The minimum absolute atomic E-state index is 0.154. The van der Waals surface area contributed by atoms with Crippen LogP contribution in [0.3, 0.4) is 0 Å². The average Bonchev–Trinajstić information content (AvgIpc) is 3.90. The SMILES string of the molecule is N#Cc1cncc(COc2cc(O[C@H]3CCc4c(-c5cccc(OCCCN6CCC(O)CC6)c5Cl)cccc43)c(Cl)cc2CN2CCC3(C2)NC(=O)NC3=O)c1. The maximum atomic E-state index is 12.6. The highest BCUT2D eigenvalue weighted by atomic mass is 35.5. The van der Waals surface area contributed by atoms with Crippen LogP contribution in [0.15, 0.2) is 67.0 Å². The minimum atomic E-state index is -0.957. The van der Waals surface area contributed by atoms with E-state index < -0.39 is 11.6 Å². The molecule has 57 heavy (non-hydrogen) atoms. The van der Waals surface area contributed by atoms with Crippen LogP contribution in [-0.4, -0.2) is 82.8 Å². The highest BCUT2D eigenvalue weighted by molar-refractivity contribution is 6.35. The number of halogens is 2. The largest absolute Gasteiger partial charge is 0.492 e. The maximum Gasteiger partial charge on any atom is 0.322 e. The van der Waals surface area contributed by atoms with Crippen LogP contribution in [0.5, 0.6) is 17.2 Å². The number of nitrogens with one attached hydrogen (secondary N) is 2. The molecule has 3 N–H and O–H groups in total. The number of aliphatic hydroxyl groups is 1. The Morgan fingerprint density at radius 3 is 2.58 bits per heavy atom.